The lowest BCUT2D eigenvalue weighted by Gasteiger charge is -2.37. The van der Waals surface area contributed by atoms with Gasteiger partial charge in [0.15, 0.2) is 6.35 Å². The minimum absolute atomic E-state index is 0.0376. The third kappa shape index (κ3) is 5.43. The van der Waals surface area contributed by atoms with Crippen LogP contribution in [0.5, 0.6) is 5.75 Å². The Labute approximate surface area is 213 Å². The molecule has 2 aromatic rings. The Hall–Kier alpha value is -3.94. The molecule has 5 N–H and O–H groups in total. The Kier molecular flexibility index (Phi) is 7.76. The van der Waals surface area contributed by atoms with E-state index < -0.39 is 49.1 Å². The van der Waals surface area contributed by atoms with Crippen molar-refractivity contribution in [2.45, 2.75) is 31.7 Å². The van der Waals surface area contributed by atoms with Crippen LogP contribution >= 0.6 is 0 Å². The number of hydrogen-bond donors (Lipinski definition) is 5. The number of aromatic carboxylic acids is 1. The second-order valence-electron chi connectivity index (χ2n) is 8.69. The first kappa shape index (κ1) is 26.1. The largest absolute Gasteiger partial charge is 0.547 e. The van der Waals surface area contributed by atoms with Gasteiger partial charge in [0.25, 0.3) is 0 Å². The minimum atomic E-state index is -1.64. The highest BCUT2D eigenvalue weighted by atomic mass is 16.5. The van der Waals surface area contributed by atoms with Crippen LogP contribution in [-0.4, -0.2) is 87.8 Å². The van der Waals surface area contributed by atoms with Gasteiger partial charge in [-0.05, 0) is 30.5 Å². The SMILES string of the molecule is CCN1CCN(C(O)N[C@@H](C(=O)N[C@H]2Cc3cccc(C(=O)O)c3OB2O)c2ccccc2)C(=O)C1=O. The number of fused-ring (bicyclic) bond motifs is 1. The summed E-state index contributed by atoms with van der Waals surface area (Å²) in [5.41, 5.74) is 0.859. The molecule has 1 saturated heterocycles. The van der Waals surface area contributed by atoms with Crippen molar-refractivity contribution >= 4 is 30.8 Å². The molecule has 2 aliphatic heterocycles. The van der Waals surface area contributed by atoms with E-state index in [1.165, 1.54) is 11.0 Å². The van der Waals surface area contributed by atoms with Crippen LogP contribution in [-0.2, 0) is 20.8 Å². The van der Waals surface area contributed by atoms with E-state index in [4.69, 9.17) is 4.65 Å². The lowest BCUT2D eigenvalue weighted by molar-refractivity contribution is -0.166. The third-order valence-corrected chi connectivity index (χ3v) is 6.41. The third-order valence-electron chi connectivity index (χ3n) is 6.41. The highest BCUT2D eigenvalue weighted by Gasteiger charge is 2.40. The van der Waals surface area contributed by atoms with E-state index in [-0.39, 0.29) is 30.8 Å². The van der Waals surface area contributed by atoms with Crippen molar-refractivity contribution in [2.24, 2.45) is 0 Å². The summed E-state index contributed by atoms with van der Waals surface area (Å²) in [6, 6.07) is 11.8. The standard InChI is InChI=1S/C24H27BN4O8/c1-2-28-11-12-29(22(32)21(28)31)24(35)27-18(14-7-4-3-5-8-14)20(30)26-17-13-15-9-6-10-16(23(33)34)19(15)37-25(17)36/h3-10,17-18,24,27,35-36H,2,11-13H2,1H3,(H,26,30)(H,33,34)/t17-,18+,24?/m0/s1. The summed E-state index contributed by atoms with van der Waals surface area (Å²) in [5.74, 6) is -4.36. The van der Waals surface area contributed by atoms with Crippen LogP contribution in [0.15, 0.2) is 48.5 Å². The molecule has 12 nitrogen and oxygen atoms in total. The van der Waals surface area contributed by atoms with Gasteiger partial charge in [-0.2, -0.15) is 0 Å². The van der Waals surface area contributed by atoms with Crippen LogP contribution in [0.2, 0.25) is 0 Å². The number of nitrogens with zero attached hydrogens (tertiary/aromatic N) is 2. The van der Waals surface area contributed by atoms with E-state index in [9.17, 15) is 34.4 Å². The van der Waals surface area contributed by atoms with Crippen LogP contribution in [0.3, 0.4) is 0 Å². The fourth-order valence-electron chi connectivity index (χ4n) is 4.41. The van der Waals surface area contributed by atoms with Crippen LogP contribution in [0.4, 0.5) is 0 Å². The second-order valence-corrected chi connectivity index (χ2v) is 8.69. The van der Waals surface area contributed by atoms with Crippen LogP contribution in [0.25, 0.3) is 0 Å². The molecule has 194 valence electrons. The van der Waals surface area contributed by atoms with E-state index in [1.54, 1.807) is 49.4 Å². The molecule has 37 heavy (non-hydrogen) atoms. The van der Waals surface area contributed by atoms with Crippen LogP contribution < -0.4 is 15.3 Å². The van der Waals surface area contributed by atoms with Gasteiger partial charge in [-0.25, -0.2) is 4.79 Å². The number of aliphatic hydroxyl groups is 1. The normalized spacial score (nSPS) is 19.1. The smallest absolute Gasteiger partial charge is 0.534 e. The highest BCUT2D eigenvalue weighted by Crippen LogP contribution is 2.30. The molecular formula is C24H27BN4O8. The average molecular weight is 510 g/mol. The maximum atomic E-state index is 13.4. The van der Waals surface area contributed by atoms with Gasteiger partial charge in [0.1, 0.15) is 11.8 Å². The summed E-state index contributed by atoms with van der Waals surface area (Å²) < 4.78 is 5.44. The maximum absolute atomic E-state index is 13.4. The lowest BCUT2D eigenvalue weighted by atomic mass is 9.72. The molecule has 1 fully saturated rings. The number of benzene rings is 2. The highest BCUT2D eigenvalue weighted by molar-refractivity contribution is 6.47. The Morgan fingerprint density at radius 2 is 1.84 bits per heavy atom. The van der Waals surface area contributed by atoms with E-state index in [1.807, 2.05) is 0 Å². The van der Waals surface area contributed by atoms with Gasteiger partial charge in [0.05, 0.1) is 11.5 Å². The van der Waals surface area contributed by atoms with Gasteiger partial charge < -0.3 is 30.1 Å². The Bertz CT molecular complexity index is 1200. The van der Waals surface area contributed by atoms with Crippen molar-refractivity contribution in [2.75, 3.05) is 19.6 Å². The first-order chi connectivity index (χ1) is 17.7. The predicted molar refractivity (Wildman–Crippen MR) is 130 cm³/mol. The number of carbonyl (C=O) groups is 4. The number of amides is 3. The summed E-state index contributed by atoms with van der Waals surface area (Å²) in [4.78, 5) is 52.0. The first-order valence-corrected chi connectivity index (χ1v) is 11.8. The number of rotatable bonds is 8. The number of nitrogens with one attached hydrogen (secondary N) is 2. The zero-order chi connectivity index (χ0) is 26.7. The minimum Gasteiger partial charge on any atom is -0.534 e. The molecule has 0 bridgehead atoms. The maximum Gasteiger partial charge on any atom is 0.547 e. The lowest BCUT2D eigenvalue weighted by Crippen LogP contribution is -2.62. The summed E-state index contributed by atoms with van der Waals surface area (Å²) in [6.07, 6.45) is -1.54. The molecule has 4 rings (SSSR count). The number of carbonyl (C=O) groups excluding carboxylic acids is 3. The number of carboxylic acids is 1. The zero-order valence-electron chi connectivity index (χ0n) is 20.0. The topological polar surface area (TPSA) is 169 Å². The monoisotopic (exact) mass is 510 g/mol. The van der Waals surface area contributed by atoms with Gasteiger partial charge in [-0.1, -0.05) is 42.5 Å². The van der Waals surface area contributed by atoms with Gasteiger partial charge in [-0.3, -0.25) is 24.6 Å². The van der Waals surface area contributed by atoms with Crippen molar-refractivity contribution in [3.05, 3.63) is 65.2 Å². The molecule has 13 heteroatoms. The molecule has 0 aliphatic carbocycles. The molecule has 3 atom stereocenters. The van der Waals surface area contributed by atoms with Gasteiger partial charge >= 0.3 is 24.9 Å². The summed E-state index contributed by atoms with van der Waals surface area (Å²) in [7, 11) is -1.53. The van der Waals surface area contributed by atoms with Gasteiger partial charge in [-0.15, -0.1) is 0 Å². The quantitative estimate of drug-likeness (QED) is 0.172. The average Bonchev–Trinajstić information content (AvgIpc) is 2.89. The Morgan fingerprint density at radius 1 is 1.11 bits per heavy atom. The summed E-state index contributed by atoms with van der Waals surface area (Å²) >= 11 is 0. The molecule has 2 heterocycles. The second kappa shape index (κ2) is 11.0. The molecule has 2 aromatic carbocycles. The van der Waals surface area contributed by atoms with Crippen molar-refractivity contribution in [1.82, 2.24) is 20.4 Å². The van der Waals surface area contributed by atoms with E-state index >= 15 is 0 Å². The fraction of sp³-hybridized carbons (Fsp3) is 0.333. The Balaban J connectivity index is 1.52. The molecule has 0 radical (unpaired) electrons. The fourth-order valence-corrected chi connectivity index (χ4v) is 4.41. The van der Waals surface area contributed by atoms with E-state index in [0.29, 0.717) is 17.7 Å². The molecular weight excluding hydrogens is 483 g/mol. The molecule has 0 saturated carbocycles. The van der Waals surface area contributed by atoms with Crippen LogP contribution in [0, 0.1) is 0 Å². The molecule has 3 amide bonds. The van der Waals surface area contributed by atoms with Gasteiger partial charge in [0, 0.05) is 19.6 Å². The summed E-state index contributed by atoms with van der Waals surface area (Å²) in [5, 5.41) is 36.1. The molecule has 2 aliphatic rings. The van der Waals surface area contributed by atoms with Crippen molar-refractivity contribution in [3.63, 3.8) is 0 Å². The molecule has 1 unspecified atom stereocenters. The zero-order valence-corrected chi connectivity index (χ0v) is 20.0. The van der Waals surface area contributed by atoms with Gasteiger partial charge in [0.2, 0.25) is 5.91 Å². The molecule has 0 spiro atoms. The van der Waals surface area contributed by atoms with Crippen LogP contribution in [0.1, 0.15) is 34.5 Å². The first-order valence-electron chi connectivity index (χ1n) is 11.8. The number of likely N-dealkylation sites (N-methyl/N-ethyl adjacent to an activating group) is 1. The van der Waals surface area contributed by atoms with Crippen molar-refractivity contribution < 1.29 is 39.1 Å². The van der Waals surface area contributed by atoms with E-state index in [0.717, 1.165) is 4.90 Å². The predicted octanol–water partition coefficient (Wildman–Crippen LogP) is -0.878. The summed E-state index contributed by atoms with van der Waals surface area (Å²) in [6.45, 7) is 2.42. The molecule has 0 aromatic heterocycles. The van der Waals surface area contributed by atoms with E-state index in [2.05, 4.69) is 10.6 Å². The number of piperazine rings is 1. The Morgan fingerprint density at radius 3 is 2.51 bits per heavy atom. The number of aliphatic hydroxyl groups excluding tert-OH is 1. The number of hydrogen-bond acceptors (Lipinski definition) is 8. The number of para-hydroxylation sites is 1. The number of carboxylic acid groups (broad SMARTS) is 1. The van der Waals surface area contributed by atoms with Crippen molar-refractivity contribution in [3.8, 4) is 5.75 Å². The van der Waals surface area contributed by atoms with Crippen molar-refractivity contribution in [1.29, 1.82) is 0 Å².